The topological polar surface area (TPSA) is 93.5 Å². The van der Waals surface area contributed by atoms with Crippen LogP contribution in [-0.4, -0.2) is 32.1 Å². The Bertz CT molecular complexity index is 481. The summed E-state index contributed by atoms with van der Waals surface area (Å²) in [5, 5.41) is 22.6. The molecular weight excluding hydrogens is 243 g/mol. The molecule has 0 aromatic carbocycles. The fourth-order valence-electron chi connectivity index (χ4n) is 1.36. The average Bonchev–Trinajstić information content (AvgIpc) is 2.67. The van der Waals surface area contributed by atoms with Crippen molar-refractivity contribution in [2.24, 2.45) is 10.6 Å². The van der Waals surface area contributed by atoms with Gasteiger partial charge in [-0.05, 0) is 9.91 Å². The summed E-state index contributed by atoms with van der Waals surface area (Å²) < 4.78 is 14.3. The zero-order chi connectivity index (χ0) is 13.9. The number of aromatic nitrogens is 2. The van der Waals surface area contributed by atoms with Crippen LogP contribution in [0.3, 0.4) is 0 Å². The van der Waals surface area contributed by atoms with Crippen molar-refractivity contribution >= 4 is 11.5 Å². The molecule has 1 aromatic rings. The molecule has 0 saturated heterocycles. The third-order valence-electron chi connectivity index (χ3n) is 2.71. The van der Waals surface area contributed by atoms with Crippen molar-refractivity contribution < 1.29 is 14.5 Å². The number of nitro groups is 1. The lowest BCUT2D eigenvalue weighted by Gasteiger charge is -2.21. The molecule has 8 heteroatoms. The average molecular weight is 258 g/mol. The summed E-state index contributed by atoms with van der Waals surface area (Å²) in [6.45, 7) is 4.12. The van der Waals surface area contributed by atoms with E-state index in [0.717, 1.165) is 0 Å². The molecule has 1 rings (SSSR count). The second-order valence-electron chi connectivity index (χ2n) is 4.60. The fraction of sp³-hybridized carbons (Fsp3) is 0.600. The predicted molar refractivity (Wildman–Crippen MR) is 62.6 cm³/mol. The minimum atomic E-state index is -0.930. The predicted octanol–water partition coefficient (Wildman–Crippen LogP) is 1.93. The van der Waals surface area contributed by atoms with Gasteiger partial charge in [-0.3, -0.25) is 4.39 Å². The summed E-state index contributed by atoms with van der Waals surface area (Å²) in [7, 11) is 0. The van der Waals surface area contributed by atoms with Crippen LogP contribution in [0.4, 0.5) is 10.2 Å². The Balaban J connectivity index is 3.00. The van der Waals surface area contributed by atoms with Gasteiger partial charge < -0.3 is 19.9 Å². The minimum Gasteiger partial charge on any atom is -0.411 e. The highest BCUT2D eigenvalue weighted by atomic mass is 19.1. The highest BCUT2D eigenvalue weighted by Gasteiger charge is 2.27. The van der Waals surface area contributed by atoms with Gasteiger partial charge in [0.25, 0.3) is 0 Å². The molecule has 0 aliphatic rings. The van der Waals surface area contributed by atoms with Crippen LogP contribution in [0.5, 0.6) is 0 Å². The zero-order valence-corrected chi connectivity index (χ0v) is 10.4. The summed E-state index contributed by atoms with van der Waals surface area (Å²) in [5.74, 6) is 0.111. The van der Waals surface area contributed by atoms with E-state index in [2.05, 4.69) is 10.1 Å². The first-order valence-corrected chi connectivity index (χ1v) is 5.27. The number of nitrogens with zero attached hydrogens (tertiary/aromatic N) is 4. The molecule has 0 fully saturated rings. The lowest BCUT2D eigenvalue weighted by Crippen LogP contribution is -2.30. The van der Waals surface area contributed by atoms with E-state index in [1.807, 2.05) is 0 Å². The van der Waals surface area contributed by atoms with Gasteiger partial charge in [0.05, 0.1) is 18.9 Å². The van der Waals surface area contributed by atoms with Gasteiger partial charge >= 0.3 is 5.82 Å². The molecule has 0 aliphatic carbocycles. The molecule has 0 saturated carbocycles. The molecule has 7 nitrogen and oxygen atoms in total. The smallest absolute Gasteiger partial charge is 0.381 e. The van der Waals surface area contributed by atoms with Crippen LogP contribution < -0.4 is 0 Å². The van der Waals surface area contributed by atoms with Gasteiger partial charge in [-0.15, -0.1) is 0 Å². The maximum Gasteiger partial charge on any atom is 0.381 e. The SMILES string of the molecule is Cc1nc([N+](=O)[O-])cn1CC(=NO)C(C)(C)CF. The Morgan fingerprint density at radius 2 is 2.33 bits per heavy atom. The van der Waals surface area contributed by atoms with Gasteiger partial charge in [-0.1, -0.05) is 19.0 Å². The first-order chi connectivity index (χ1) is 8.31. The maximum atomic E-state index is 12.8. The van der Waals surface area contributed by atoms with Crippen LogP contribution >= 0.6 is 0 Å². The monoisotopic (exact) mass is 258 g/mol. The number of alkyl halides is 1. The maximum absolute atomic E-state index is 12.8. The molecule has 0 aliphatic heterocycles. The van der Waals surface area contributed by atoms with Crippen molar-refractivity contribution in [3.05, 3.63) is 22.1 Å². The third-order valence-corrected chi connectivity index (χ3v) is 2.71. The molecule has 1 N–H and O–H groups in total. The van der Waals surface area contributed by atoms with Gasteiger partial charge in [-0.2, -0.15) is 0 Å². The molecule has 0 radical (unpaired) electrons. The van der Waals surface area contributed by atoms with Crippen molar-refractivity contribution in [3.8, 4) is 0 Å². The van der Waals surface area contributed by atoms with E-state index >= 15 is 0 Å². The largest absolute Gasteiger partial charge is 0.411 e. The van der Waals surface area contributed by atoms with Crippen LogP contribution in [0, 0.1) is 22.5 Å². The highest BCUT2D eigenvalue weighted by molar-refractivity contribution is 5.89. The van der Waals surface area contributed by atoms with E-state index in [-0.39, 0.29) is 18.1 Å². The first kappa shape index (κ1) is 14.1. The number of rotatable bonds is 5. The van der Waals surface area contributed by atoms with Crippen LogP contribution in [0.15, 0.2) is 11.4 Å². The summed E-state index contributed by atoms with van der Waals surface area (Å²) in [4.78, 5) is 13.7. The molecule has 18 heavy (non-hydrogen) atoms. The summed E-state index contributed by atoms with van der Waals surface area (Å²) in [6.07, 6.45) is 1.23. The third kappa shape index (κ3) is 2.82. The molecule has 0 atom stereocenters. The number of halogens is 1. The Morgan fingerprint density at radius 3 is 2.72 bits per heavy atom. The van der Waals surface area contributed by atoms with E-state index in [9.17, 15) is 14.5 Å². The molecule has 0 unspecified atom stereocenters. The summed E-state index contributed by atoms with van der Waals surface area (Å²) in [5.41, 5.74) is -0.736. The number of hydrogen-bond donors (Lipinski definition) is 1. The number of imidazole rings is 1. The molecular formula is C10H15FN4O3. The molecule has 0 spiro atoms. The van der Waals surface area contributed by atoms with Gasteiger partial charge in [0.2, 0.25) is 5.82 Å². The molecule has 0 bridgehead atoms. The molecule has 1 aromatic heterocycles. The Labute approximate surface area is 103 Å². The van der Waals surface area contributed by atoms with Crippen LogP contribution in [0.25, 0.3) is 0 Å². The van der Waals surface area contributed by atoms with E-state index in [1.54, 1.807) is 20.8 Å². The molecule has 100 valence electrons. The van der Waals surface area contributed by atoms with Gasteiger partial charge in [0, 0.05) is 12.3 Å². The van der Waals surface area contributed by atoms with Crippen molar-refractivity contribution in [1.29, 1.82) is 0 Å². The van der Waals surface area contributed by atoms with E-state index < -0.39 is 17.0 Å². The van der Waals surface area contributed by atoms with Crippen molar-refractivity contribution in [1.82, 2.24) is 9.55 Å². The second-order valence-corrected chi connectivity index (χ2v) is 4.60. The number of oxime groups is 1. The van der Waals surface area contributed by atoms with Crippen LogP contribution in [-0.2, 0) is 6.54 Å². The minimum absolute atomic E-state index is 0.0556. The second kappa shape index (κ2) is 5.11. The first-order valence-electron chi connectivity index (χ1n) is 5.27. The van der Waals surface area contributed by atoms with Crippen molar-refractivity contribution in [2.45, 2.75) is 27.3 Å². The normalized spacial score (nSPS) is 12.8. The van der Waals surface area contributed by atoms with Gasteiger partial charge in [0.15, 0.2) is 0 Å². The quantitative estimate of drug-likeness (QED) is 0.378. The van der Waals surface area contributed by atoms with Crippen LogP contribution in [0.2, 0.25) is 0 Å². The Hall–Kier alpha value is -1.99. The van der Waals surface area contributed by atoms with Crippen molar-refractivity contribution in [3.63, 3.8) is 0 Å². The van der Waals surface area contributed by atoms with E-state index in [0.29, 0.717) is 5.82 Å². The Morgan fingerprint density at radius 1 is 1.72 bits per heavy atom. The molecule has 1 heterocycles. The number of hydrogen-bond acceptors (Lipinski definition) is 5. The van der Waals surface area contributed by atoms with E-state index in [1.165, 1.54) is 10.8 Å². The highest BCUT2D eigenvalue weighted by Crippen LogP contribution is 2.21. The standard InChI is InChI=1S/C10H15FN4O3/c1-7-12-9(15(17)18)5-14(7)4-8(13-16)10(2,3)6-11/h5,16H,4,6H2,1-3H3. The van der Waals surface area contributed by atoms with Gasteiger partial charge in [-0.25, -0.2) is 0 Å². The lowest BCUT2D eigenvalue weighted by atomic mass is 9.89. The fourth-order valence-corrected chi connectivity index (χ4v) is 1.36. The van der Waals surface area contributed by atoms with E-state index in [4.69, 9.17) is 5.21 Å². The summed E-state index contributed by atoms with van der Waals surface area (Å²) >= 11 is 0. The summed E-state index contributed by atoms with van der Waals surface area (Å²) in [6, 6.07) is 0. The van der Waals surface area contributed by atoms with Crippen LogP contribution in [0.1, 0.15) is 19.7 Å². The van der Waals surface area contributed by atoms with Crippen molar-refractivity contribution in [2.75, 3.05) is 6.67 Å². The Kier molecular flexibility index (Phi) is 4.00. The zero-order valence-electron chi connectivity index (χ0n) is 10.4. The lowest BCUT2D eigenvalue weighted by molar-refractivity contribution is -0.389. The number of aryl methyl sites for hydroxylation is 1. The molecule has 0 amide bonds. The van der Waals surface area contributed by atoms with Gasteiger partial charge in [0.1, 0.15) is 6.20 Å².